The first kappa shape index (κ1) is 17.2. The van der Waals surface area contributed by atoms with Crippen molar-refractivity contribution in [2.75, 3.05) is 10.6 Å². The van der Waals surface area contributed by atoms with Crippen LogP contribution in [0.3, 0.4) is 0 Å². The third-order valence-corrected chi connectivity index (χ3v) is 4.32. The van der Waals surface area contributed by atoms with E-state index in [-0.39, 0.29) is 5.82 Å². The summed E-state index contributed by atoms with van der Waals surface area (Å²) in [7, 11) is 0. The van der Waals surface area contributed by atoms with Gasteiger partial charge >= 0.3 is 0 Å². The van der Waals surface area contributed by atoms with Crippen LogP contribution in [-0.4, -0.2) is 9.97 Å². The van der Waals surface area contributed by atoms with Crippen LogP contribution in [0.25, 0.3) is 10.9 Å². The molecular weight excluding hydrogens is 363 g/mol. The molecule has 0 amide bonds. The van der Waals surface area contributed by atoms with Crippen molar-refractivity contribution in [1.82, 2.24) is 9.97 Å². The lowest BCUT2D eigenvalue weighted by atomic mass is 10.2. The molecule has 0 atom stereocenters. The molecular formula is C21H16ClFN4. The fourth-order valence-corrected chi connectivity index (χ4v) is 2.97. The van der Waals surface area contributed by atoms with Crippen molar-refractivity contribution in [2.24, 2.45) is 0 Å². The maximum atomic E-state index is 13.9. The van der Waals surface area contributed by atoms with Gasteiger partial charge in [0.1, 0.15) is 11.6 Å². The van der Waals surface area contributed by atoms with Gasteiger partial charge in [0.15, 0.2) is 0 Å². The summed E-state index contributed by atoms with van der Waals surface area (Å²) in [6.45, 7) is 0.324. The first-order chi connectivity index (χ1) is 13.2. The van der Waals surface area contributed by atoms with Gasteiger partial charge in [-0.15, -0.1) is 0 Å². The number of hydrogen-bond acceptors (Lipinski definition) is 4. The minimum atomic E-state index is -0.249. The Bertz CT molecular complexity index is 1100. The second kappa shape index (κ2) is 7.60. The van der Waals surface area contributed by atoms with Gasteiger partial charge in [-0.1, -0.05) is 48.0 Å². The van der Waals surface area contributed by atoms with Gasteiger partial charge in [-0.25, -0.2) is 9.37 Å². The third kappa shape index (κ3) is 3.99. The number of anilines is 3. The zero-order valence-electron chi connectivity index (χ0n) is 14.3. The first-order valence-electron chi connectivity index (χ1n) is 8.46. The normalized spacial score (nSPS) is 10.7. The predicted molar refractivity (Wildman–Crippen MR) is 108 cm³/mol. The second-order valence-electron chi connectivity index (χ2n) is 5.99. The Balaban J connectivity index is 1.67. The molecule has 4 nitrogen and oxygen atoms in total. The lowest BCUT2D eigenvalue weighted by Crippen LogP contribution is -2.06. The highest BCUT2D eigenvalue weighted by atomic mass is 35.5. The maximum absolute atomic E-state index is 13.9. The molecule has 0 spiro atoms. The van der Waals surface area contributed by atoms with Gasteiger partial charge in [-0.05, 0) is 36.4 Å². The monoisotopic (exact) mass is 378 g/mol. The molecule has 1 heterocycles. The van der Waals surface area contributed by atoms with E-state index in [0.29, 0.717) is 28.9 Å². The molecule has 1 aromatic heterocycles. The Morgan fingerprint density at radius 2 is 1.70 bits per heavy atom. The van der Waals surface area contributed by atoms with E-state index in [4.69, 9.17) is 11.6 Å². The molecule has 0 unspecified atom stereocenters. The van der Waals surface area contributed by atoms with Gasteiger partial charge in [-0.2, -0.15) is 4.98 Å². The molecule has 4 aromatic rings. The number of benzene rings is 3. The van der Waals surface area contributed by atoms with Gasteiger partial charge in [0.2, 0.25) is 5.95 Å². The Kier molecular flexibility index (Phi) is 4.85. The van der Waals surface area contributed by atoms with E-state index in [2.05, 4.69) is 20.6 Å². The van der Waals surface area contributed by atoms with E-state index in [9.17, 15) is 4.39 Å². The van der Waals surface area contributed by atoms with E-state index in [1.807, 2.05) is 42.5 Å². The smallest absolute Gasteiger partial charge is 0.229 e. The lowest BCUT2D eigenvalue weighted by Gasteiger charge is -2.12. The molecule has 2 N–H and O–H groups in total. The number of hydrogen-bond donors (Lipinski definition) is 2. The van der Waals surface area contributed by atoms with E-state index >= 15 is 0 Å². The van der Waals surface area contributed by atoms with Crippen molar-refractivity contribution in [3.05, 3.63) is 89.2 Å². The summed E-state index contributed by atoms with van der Waals surface area (Å²) in [5, 5.41) is 7.88. The highest BCUT2D eigenvalue weighted by Gasteiger charge is 2.09. The molecule has 0 bridgehead atoms. The SMILES string of the molecule is Fc1ccccc1CNc1nc(Nc2cccc(Cl)c2)nc2ccccc12. The zero-order chi connectivity index (χ0) is 18.6. The van der Waals surface area contributed by atoms with E-state index in [1.165, 1.54) is 6.07 Å². The van der Waals surface area contributed by atoms with Crippen LogP contribution in [0.5, 0.6) is 0 Å². The molecule has 4 rings (SSSR count). The fourth-order valence-electron chi connectivity index (χ4n) is 2.78. The Hall–Kier alpha value is -3.18. The minimum absolute atomic E-state index is 0.249. The molecule has 0 saturated heterocycles. The van der Waals surface area contributed by atoms with Crippen LogP contribution in [-0.2, 0) is 6.54 Å². The van der Waals surface area contributed by atoms with Crippen LogP contribution >= 0.6 is 11.6 Å². The first-order valence-corrected chi connectivity index (χ1v) is 8.83. The number of para-hydroxylation sites is 1. The van der Waals surface area contributed by atoms with Gasteiger partial charge in [0.25, 0.3) is 0 Å². The topological polar surface area (TPSA) is 49.8 Å². The summed E-state index contributed by atoms with van der Waals surface area (Å²) >= 11 is 6.04. The van der Waals surface area contributed by atoms with Crippen molar-refractivity contribution >= 4 is 40.0 Å². The third-order valence-electron chi connectivity index (χ3n) is 4.09. The molecule has 0 fully saturated rings. The van der Waals surface area contributed by atoms with Crippen molar-refractivity contribution < 1.29 is 4.39 Å². The average molecular weight is 379 g/mol. The molecule has 0 aliphatic heterocycles. The average Bonchev–Trinajstić information content (AvgIpc) is 2.67. The Morgan fingerprint density at radius 1 is 0.889 bits per heavy atom. The molecule has 134 valence electrons. The highest BCUT2D eigenvalue weighted by molar-refractivity contribution is 6.30. The predicted octanol–water partition coefficient (Wildman–Crippen LogP) is 5.78. The molecule has 0 saturated carbocycles. The van der Waals surface area contributed by atoms with Crippen LogP contribution < -0.4 is 10.6 Å². The summed E-state index contributed by atoms with van der Waals surface area (Å²) in [6, 6.07) is 21.7. The molecule has 0 aliphatic rings. The van der Waals surface area contributed by atoms with Crippen LogP contribution in [0, 0.1) is 5.82 Å². The van der Waals surface area contributed by atoms with Crippen LogP contribution in [0.1, 0.15) is 5.56 Å². The molecule has 0 aliphatic carbocycles. The van der Waals surface area contributed by atoms with Crippen molar-refractivity contribution in [3.63, 3.8) is 0 Å². The number of aromatic nitrogens is 2. The Labute approximate surface area is 161 Å². The molecule has 6 heteroatoms. The molecule has 3 aromatic carbocycles. The summed E-state index contributed by atoms with van der Waals surface area (Å²) in [6.07, 6.45) is 0. The summed E-state index contributed by atoms with van der Waals surface area (Å²) < 4.78 is 13.9. The van der Waals surface area contributed by atoms with Gasteiger partial charge in [0, 0.05) is 28.2 Å². The van der Waals surface area contributed by atoms with Crippen LogP contribution in [0.4, 0.5) is 21.8 Å². The van der Waals surface area contributed by atoms with E-state index < -0.39 is 0 Å². The van der Waals surface area contributed by atoms with Crippen LogP contribution in [0.2, 0.25) is 5.02 Å². The minimum Gasteiger partial charge on any atom is -0.365 e. The maximum Gasteiger partial charge on any atom is 0.229 e. The second-order valence-corrected chi connectivity index (χ2v) is 6.43. The van der Waals surface area contributed by atoms with E-state index in [1.54, 1.807) is 24.3 Å². The summed E-state index contributed by atoms with van der Waals surface area (Å²) in [5.74, 6) is 0.820. The molecule has 0 radical (unpaired) electrons. The van der Waals surface area contributed by atoms with E-state index in [0.717, 1.165) is 16.6 Å². The van der Waals surface area contributed by atoms with Gasteiger partial charge in [0.05, 0.1) is 5.52 Å². The number of nitrogens with one attached hydrogen (secondary N) is 2. The summed E-state index contributed by atoms with van der Waals surface area (Å²) in [4.78, 5) is 9.13. The van der Waals surface area contributed by atoms with Crippen LogP contribution in [0.15, 0.2) is 72.8 Å². The molecule has 27 heavy (non-hydrogen) atoms. The quantitative estimate of drug-likeness (QED) is 0.462. The van der Waals surface area contributed by atoms with Crippen molar-refractivity contribution in [2.45, 2.75) is 6.54 Å². The number of fused-ring (bicyclic) bond motifs is 1. The standard InChI is InChI=1S/C21H16ClFN4/c22-15-7-5-8-16(12-15)25-21-26-19-11-4-2-9-17(19)20(27-21)24-13-14-6-1-3-10-18(14)23/h1-12H,13H2,(H2,24,25,26,27). The summed E-state index contributed by atoms with van der Waals surface area (Å²) in [5.41, 5.74) is 2.15. The number of halogens is 2. The number of nitrogens with zero attached hydrogens (tertiary/aromatic N) is 2. The zero-order valence-corrected chi connectivity index (χ0v) is 15.0. The fraction of sp³-hybridized carbons (Fsp3) is 0.0476. The van der Waals surface area contributed by atoms with Crippen molar-refractivity contribution in [3.8, 4) is 0 Å². The highest BCUT2D eigenvalue weighted by Crippen LogP contribution is 2.25. The number of rotatable bonds is 5. The largest absolute Gasteiger partial charge is 0.365 e. The lowest BCUT2D eigenvalue weighted by molar-refractivity contribution is 0.613. The van der Waals surface area contributed by atoms with Gasteiger partial charge in [-0.3, -0.25) is 0 Å². The van der Waals surface area contributed by atoms with Crippen molar-refractivity contribution in [1.29, 1.82) is 0 Å². The Morgan fingerprint density at radius 3 is 2.56 bits per heavy atom. The van der Waals surface area contributed by atoms with Gasteiger partial charge < -0.3 is 10.6 Å².